The highest BCUT2D eigenvalue weighted by Crippen LogP contribution is 2.15. The van der Waals surface area contributed by atoms with Crippen molar-refractivity contribution in [2.45, 2.75) is 32.2 Å². The van der Waals surface area contributed by atoms with E-state index in [-0.39, 0.29) is 6.04 Å². The Bertz CT molecular complexity index is 471. The fourth-order valence-corrected chi connectivity index (χ4v) is 2.59. The molecule has 5 N–H and O–H groups in total. The number of likely N-dealkylation sites (tertiary alicyclic amines) is 1. The quantitative estimate of drug-likeness (QED) is 0.747. The number of primary amides is 1. The van der Waals surface area contributed by atoms with Crippen molar-refractivity contribution in [3.05, 3.63) is 17.8 Å². The molecule has 1 amide bonds. The van der Waals surface area contributed by atoms with Gasteiger partial charge in [-0.05, 0) is 38.9 Å². The van der Waals surface area contributed by atoms with E-state index in [2.05, 4.69) is 22.1 Å². The molecule has 110 valence electrons. The summed E-state index contributed by atoms with van der Waals surface area (Å²) in [6.45, 7) is 5.40. The lowest BCUT2D eigenvalue weighted by Crippen LogP contribution is -2.38. The second kappa shape index (κ2) is 6.56. The Hall–Kier alpha value is -1.82. The number of rotatable bonds is 5. The summed E-state index contributed by atoms with van der Waals surface area (Å²) < 4.78 is 0. The number of nitrogens with two attached hydrogens (primary N) is 2. The number of nitrogens with one attached hydrogen (secondary N) is 1. The standard InChI is InChI=1S/C14H23N5O/c1-10(9-19-5-3-2-4-6-19)18-13-7-11(14(16)20)12(15)8-17-13/h7-8,10H,2-6,9,15H2,1H3,(H2,16,20)(H,17,18). The predicted molar refractivity (Wildman–Crippen MR) is 80.5 cm³/mol. The summed E-state index contributed by atoms with van der Waals surface area (Å²) in [5.41, 5.74) is 11.6. The Morgan fingerprint density at radius 1 is 1.45 bits per heavy atom. The third kappa shape index (κ3) is 3.84. The lowest BCUT2D eigenvalue weighted by molar-refractivity contribution is 0.100. The first-order chi connectivity index (χ1) is 9.56. The maximum atomic E-state index is 11.3. The number of carbonyl (C=O) groups is 1. The minimum Gasteiger partial charge on any atom is -0.397 e. The maximum Gasteiger partial charge on any atom is 0.250 e. The number of nitrogens with zero attached hydrogens (tertiary/aromatic N) is 2. The molecule has 1 fully saturated rings. The highest BCUT2D eigenvalue weighted by atomic mass is 16.1. The van der Waals surface area contributed by atoms with Crippen molar-refractivity contribution in [2.75, 3.05) is 30.7 Å². The minimum atomic E-state index is -0.531. The first-order valence-electron chi connectivity index (χ1n) is 7.10. The number of anilines is 2. The SMILES string of the molecule is CC(CN1CCCCC1)Nc1cc(C(N)=O)c(N)cn1. The maximum absolute atomic E-state index is 11.3. The lowest BCUT2D eigenvalue weighted by Gasteiger charge is -2.29. The van der Waals surface area contributed by atoms with Crippen molar-refractivity contribution in [1.82, 2.24) is 9.88 Å². The summed E-state index contributed by atoms with van der Waals surface area (Å²) in [5.74, 6) is 0.106. The molecule has 2 rings (SSSR count). The molecule has 1 atom stereocenters. The molecule has 0 bridgehead atoms. The van der Waals surface area contributed by atoms with Gasteiger partial charge < -0.3 is 21.7 Å². The van der Waals surface area contributed by atoms with Gasteiger partial charge in [0.05, 0.1) is 17.4 Å². The van der Waals surface area contributed by atoms with Gasteiger partial charge in [0.25, 0.3) is 5.91 Å². The molecule has 1 aliphatic heterocycles. The normalized spacial score (nSPS) is 17.6. The number of carbonyl (C=O) groups excluding carboxylic acids is 1. The number of hydrogen-bond donors (Lipinski definition) is 3. The lowest BCUT2D eigenvalue weighted by atomic mass is 10.1. The van der Waals surface area contributed by atoms with Crippen LogP contribution >= 0.6 is 0 Å². The van der Waals surface area contributed by atoms with Crippen molar-refractivity contribution in [2.24, 2.45) is 5.73 Å². The van der Waals surface area contributed by atoms with Crippen LogP contribution in [0.2, 0.25) is 0 Å². The summed E-state index contributed by atoms with van der Waals surface area (Å²) >= 11 is 0. The molecule has 0 aliphatic carbocycles. The smallest absolute Gasteiger partial charge is 0.250 e. The third-order valence-electron chi connectivity index (χ3n) is 3.58. The Morgan fingerprint density at radius 2 is 2.15 bits per heavy atom. The van der Waals surface area contributed by atoms with Crippen molar-refractivity contribution >= 4 is 17.4 Å². The fraction of sp³-hybridized carbons (Fsp3) is 0.571. The molecule has 1 aliphatic rings. The monoisotopic (exact) mass is 277 g/mol. The van der Waals surface area contributed by atoms with Gasteiger partial charge in [-0.1, -0.05) is 6.42 Å². The third-order valence-corrected chi connectivity index (χ3v) is 3.58. The van der Waals surface area contributed by atoms with Gasteiger partial charge in [-0.3, -0.25) is 4.79 Å². The zero-order valence-corrected chi connectivity index (χ0v) is 11.9. The molecule has 0 radical (unpaired) electrons. The molecule has 1 unspecified atom stereocenters. The Labute approximate surface area is 119 Å². The van der Waals surface area contributed by atoms with Gasteiger partial charge in [0.15, 0.2) is 0 Å². The molecule has 2 heterocycles. The van der Waals surface area contributed by atoms with E-state index >= 15 is 0 Å². The number of hydrogen-bond acceptors (Lipinski definition) is 5. The van der Waals surface area contributed by atoms with E-state index in [1.807, 2.05) is 0 Å². The van der Waals surface area contributed by atoms with Gasteiger partial charge in [0.1, 0.15) is 5.82 Å². The summed E-state index contributed by atoms with van der Waals surface area (Å²) in [6.07, 6.45) is 5.35. The number of nitrogen functional groups attached to an aromatic ring is 1. The van der Waals surface area contributed by atoms with Gasteiger partial charge in [-0.2, -0.15) is 0 Å². The van der Waals surface area contributed by atoms with E-state index in [1.54, 1.807) is 6.07 Å². The average molecular weight is 277 g/mol. The van der Waals surface area contributed by atoms with Crippen LogP contribution in [0, 0.1) is 0 Å². The van der Waals surface area contributed by atoms with Gasteiger partial charge in [0, 0.05) is 12.6 Å². The minimum absolute atomic E-state index is 0.255. The van der Waals surface area contributed by atoms with E-state index in [1.165, 1.54) is 25.5 Å². The summed E-state index contributed by atoms with van der Waals surface area (Å²) in [7, 11) is 0. The second-order valence-electron chi connectivity index (χ2n) is 5.43. The van der Waals surface area contributed by atoms with Crippen LogP contribution in [0.25, 0.3) is 0 Å². The van der Waals surface area contributed by atoms with Crippen LogP contribution < -0.4 is 16.8 Å². The van der Waals surface area contributed by atoms with E-state index in [4.69, 9.17) is 11.5 Å². The van der Waals surface area contributed by atoms with Crippen LogP contribution in [0.5, 0.6) is 0 Å². The molecular formula is C14H23N5O. The average Bonchev–Trinajstić information content (AvgIpc) is 2.41. The zero-order valence-electron chi connectivity index (χ0n) is 11.9. The van der Waals surface area contributed by atoms with E-state index < -0.39 is 5.91 Å². The van der Waals surface area contributed by atoms with Crippen molar-refractivity contribution < 1.29 is 4.79 Å². The molecule has 0 spiro atoms. The van der Waals surface area contributed by atoms with E-state index in [0.717, 1.165) is 19.6 Å². The zero-order chi connectivity index (χ0) is 14.5. The molecule has 1 aromatic rings. The molecule has 1 saturated heterocycles. The molecule has 6 heteroatoms. The molecule has 0 aromatic carbocycles. The van der Waals surface area contributed by atoms with Crippen molar-refractivity contribution in [3.63, 3.8) is 0 Å². The summed E-state index contributed by atoms with van der Waals surface area (Å²) in [5, 5.41) is 3.30. The van der Waals surface area contributed by atoms with Gasteiger partial charge >= 0.3 is 0 Å². The summed E-state index contributed by atoms with van der Waals surface area (Å²) in [4.78, 5) is 17.9. The Balaban J connectivity index is 1.95. The summed E-state index contributed by atoms with van der Waals surface area (Å²) in [6, 6.07) is 1.87. The van der Waals surface area contributed by atoms with Crippen molar-refractivity contribution in [3.8, 4) is 0 Å². The molecule has 0 saturated carbocycles. The van der Waals surface area contributed by atoms with Crippen LogP contribution in [0.1, 0.15) is 36.5 Å². The number of piperidine rings is 1. The number of pyridine rings is 1. The number of amides is 1. The Morgan fingerprint density at radius 3 is 2.80 bits per heavy atom. The molecule has 6 nitrogen and oxygen atoms in total. The van der Waals surface area contributed by atoms with Gasteiger partial charge in [-0.25, -0.2) is 4.98 Å². The predicted octanol–water partition coefficient (Wildman–Crippen LogP) is 1.05. The van der Waals surface area contributed by atoms with E-state index in [0.29, 0.717) is 17.1 Å². The molecule has 20 heavy (non-hydrogen) atoms. The molecular weight excluding hydrogens is 254 g/mol. The van der Waals surface area contributed by atoms with Crippen LogP contribution in [0.3, 0.4) is 0 Å². The Kier molecular flexibility index (Phi) is 4.79. The number of aromatic nitrogens is 1. The first-order valence-corrected chi connectivity index (χ1v) is 7.10. The first kappa shape index (κ1) is 14.6. The largest absolute Gasteiger partial charge is 0.397 e. The second-order valence-corrected chi connectivity index (χ2v) is 5.43. The van der Waals surface area contributed by atoms with Gasteiger partial charge in [-0.15, -0.1) is 0 Å². The van der Waals surface area contributed by atoms with Crippen LogP contribution in [0.4, 0.5) is 11.5 Å². The fourth-order valence-electron chi connectivity index (χ4n) is 2.59. The highest BCUT2D eigenvalue weighted by molar-refractivity contribution is 5.98. The van der Waals surface area contributed by atoms with Crippen LogP contribution in [-0.4, -0.2) is 41.5 Å². The van der Waals surface area contributed by atoms with Crippen LogP contribution in [-0.2, 0) is 0 Å². The van der Waals surface area contributed by atoms with E-state index in [9.17, 15) is 4.79 Å². The van der Waals surface area contributed by atoms with Crippen LogP contribution in [0.15, 0.2) is 12.3 Å². The van der Waals surface area contributed by atoms with Crippen molar-refractivity contribution in [1.29, 1.82) is 0 Å². The van der Waals surface area contributed by atoms with Gasteiger partial charge in [0.2, 0.25) is 0 Å². The highest BCUT2D eigenvalue weighted by Gasteiger charge is 2.14. The molecule has 1 aromatic heterocycles. The topological polar surface area (TPSA) is 97.3 Å².